The minimum Gasteiger partial charge on any atom is -0.399 e. The lowest BCUT2D eigenvalue weighted by atomic mass is 10.2. The number of hydrogen-bond acceptors (Lipinski definition) is 5. The van der Waals surface area contributed by atoms with Gasteiger partial charge in [0, 0.05) is 18.5 Å². The predicted molar refractivity (Wildman–Crippen MR) is 82.0 cm³/mol. The van der Waals surface area contributed by atoms with Gasteiger partial charge in [-0.15, -0.1) is 12.4 Å². The summed E-state index contributed by atoms with van der Waals surface area (Å²) >= 11 is 0. The minimum atomic E-state index is -3.45. The second-order valence-electron chi connectivity index (χ2n) is 4.21. The van der Waals surface area contributed by atoms with Crippen molar-refractivity contribution >= 4 is 39.5 Å². The Balaban J connectivity index is 0.00000361. The molecule has 0 aliphatic rings. The molecule has 114 valence electrons. The van der Waals surface area contributed by atoms with Crippen LogP contribution in [0, 0.1) is 6.92 Å². The second-order valence-corrected chi connectivity index (χ2v) is 6.39. The Hall–Kier alpha value is -1.31. The molecule has 1 rings (SSSR count). The number of methoxy groups -OCH3 is 1. The van der Waals surface area contributed by atoms with Gasteiger partial charge in [0.15, 0.2) is 9.84 Å². The average Bonchev–Trinajstić information content (AvgIpc) is 2.30. The number of anilines is 2. The number of aryl methyl sites for hydroxylation is 1. The van der Waals surface area contributed by atoms with Crippen LogP contribution in [0.25, 0.3) is 0 Å². The first-order valence-corrected chi connectivity index (χ1v) is 7.51. The number of amides is 1. The third kappa shape index (κ3) is 6.23. The van der Waals surface area contributed by atoms with E-state index in [2.05, 4.69) is 10.1 Å². The van der Waals surface area contributed by atoms with Crippen LogP contribution in [0.4, 0.5) is 11.4 Å². The minimum absolute atomic E-state index is 0. The number of carbonyl (C=O) groups is 1. The van der Waals surface area contributed by atoms with Gasteiger partial charge in [0.25, 0.3) is 0 Å². The van der Waals surface area contributed by atoms with Crippen LogP contribution in [0.15, 0.2) is 18.2 Å². The number of nitrogens with two attached hydrogens (primary N) is 1. The summed E-state index contributed by atoms with van der Waals surface area (Å²) in [5.74, 6) is -1.32. The van der Waals surface area contributed by atoms with Crippen LogP contribution in [0.1, 0.15) is 5.56 Å². The molecule has 1 aromatic carbocycles. The van der Waals surface area contributed by atoms with Crippen LogP contribution in [0.3, 0.4) is 0 Å². The first-order chi connectivity index (χ1) is 8.84. The first kappa shape index (κ1) is 18.7. The zero-order chi connectivity index (χ0) is 14.5. The molecule has 1 amide bonds. The molecule has 0 unspecified atom stereocenters. The molecule has 0 saturated heterocycles. The maximum atomic E-state index is 11.7. The van der Waals surface area contributed by atoms with Gasteiger partial charge >= 0.3 is 0 Å². The normalized spacial score (nSPS) is 10.7. The van der Waals surface area contributed by atoms with Gasteiger partial charge in [0.1, 0.15) is 5.75 Å². The zero-order valence-electron chi connectivity index (χ0n) is 11.4. The van der Waals surface area contributed by atoms with Crippen LogP contribution in [0.2, 0.25) is 0 Å². The van der Waals surface area contributed by atoms with Gasteiger partial charge in [-0.2, -0.15) is 0 Å². The number of rotatable bonds is 6. The van der Waals surface area contributed by atoms with Crippen molar-refractivity contribution in [3.63, 3.8) is 0 Å². The van der Waals surface area contributed by atoms with Crippen LogP contribution in [0.5, 0.6) is 0 Å². The van der Waals surface area contributed by atoms with Crippen LogP contribution < -0.4 is 11.1 Å². The highest BCUT2D eigenvalue weighted by atomic mass is 35.5. The Morgan fingerprint density at radius 3 is 2.65 bits per heavy atom. The molecule has 3 N–H and O–H groups in total. The smallest absolute Gasteiger partial charge is 0.239 e. The SMILES string of the molecule is COCCS(=O)(=O)CC(=O)Nc1cc(N)ccc1C.Cl. The molecule has 0 heterocycles. The molecule has 0 fully saturated rings. The van der Waals surface area contributed by atoms with Crippen molar-refractivity contribution in [3.8, 4) is 0 Å². The highest BCUT2D eigenvalue weighted by Gasteiger charge is 2.17. The molecule has 0 aliphatic carbocycles. The zero-order valence-corrected chi connectivity index (χ0v) is 13.0. The number of benzene rings is 1. The summed E-state index contributed by atoms with van der Waals surface area (Å²) in [6, 6.07) is 5.06. The molecule has 1 aromatic rings. The molecular formula is C12H19ClN2O4S. The van der Waals surface area contributed by atoms with E-state index < -0.39 is 21.5 Å². The van der Waals surface area contributed by atoms with Crippen LogP contribution >= 0.6 is 12.4 Å². The van der Waals surface area contributed by atoms with Crippen molar-refractivity contribution < 1.29 is 17.9 Å². The van der Waals surface area contributed by atoms with Gasteiger partial charge in [-0.05, 0) is 24.6 Å². The van der Waals surface area contributed by atoms with Crippen molar-refractivity contribution in [2.45, 2.75) is 6.92 Å². The molecule has 0 aliphatic heterocycles. The number of nitrogens with one attached hydrogen (secondary N) is 1. The number of halogens is 1. The topological polar surface area (TPSA) is 98.5 Å². The highest BCUT2D eigenvalue weighted by molar-refractivity contribution is 7.92. The lowest BCUT2D eigenvalue weighted by Crippen LogP contribution is -2.26. The summed E-state index contributed by atoms with van der Waals surface area (Å²) in [6.07, 6.45) is 0. The third-order valence-electron chi connectivity index (χ3n) is 2.49. The number of sulfone groups is 1. The van der Waals surface area contributed by atoms with Gasteiger partial charge in [-0.3, -0.25) is 4.79 Å². The van der Waals surface area contributed by atoms with E-state index in [1.54, 1.807) is 25.1 Å². The van der Waals surface area contributed by atoms with Crippen molar-refractivity contribution in [2.24, 2.45) is 0 Å². The predicted octanol–water partition coefficient (Wildman–Crippen LogP) is 0.999. The van der Waals surface area contributed by atoms with E-state index in [4.69, 9.17) is 5.73 Å². The summed E-state index contributed by atoms with van der Waals surface area (Å²) in [5.41, 5.74) is 7.45. The van der Waals surface area contributed by atoms with Crippen LogP contribution in [-0.2, 0) is 19.4 Å². The second kappa shape index (κ2) is 8.08. The fourth-order valence-electron chi connectivity index (χ4n) is 1.44. The number of hydrogen-bond donors (Lipinski definition) is 2. The van der Waals surface area contributed by atoms with E-state index in [1.807, 2.05) is 0 Å². The monoisotopic (exact) mass is 322 g/mol. The van der Waals surface area contributed by atoms with Crippen molar-refractivity contribution in [1.82, 2.24) is 0 Å². The largest absolute Gasteiger partial charge is 0.399 e. The van der Waals surface area contributed by atoms with Crippen molar-refractivity contribution in [3.05, 3.63) is 23.8 Å². The summed E-state index contributed by atoms with van der Waals surface area (Å²) in [5, 5.41) is 2.54. The Morgan fingerprint density at radius 1 is 1.40 bits per heavy atom. The van der Waals surface area contributed by atoms with E-state index in [0.717, 1.165) is 5.56 Å². The Bertz CT molecular complexity index is 561. The van der Waals surface area contributed by atoms with E-state index in [0.29, 0.717) is 11.4 Å². The molecule has 0 aromatic heterocycles. The molecule has 0 bridgehead atoms. The van der Waals surface area contributed by atoms with Gasteiger partial charge in [-0.25, -0.2) is 8.42 Å². The van der Waals surface area contributed by atoms with E-state index >= 15 is 0 Å². The lowest BCUT2D eigenvalue weighted by molar-refractivity contribution is -0.113. The number of ether oxygens (including phenoxy) is 1. The Kier molecular flexibility index (Phi) is 7.55. The summed E-state index contributed by atoms with van der Waals surface area (Å²) < 4.78 is 27.8. The molecule has 0 radical (unpaired) electrons. The summed E-state index contributed by atoms with van der Waals surface area (Å²) in [4.78, 5) is 11.7. The van der Waals surface area contributed by atoms with E-state index in [-0.39, 0.29) is 24.8 Å². The van der Waals surface area contributed by atoms with Gasteiger partial charge < -0.3 is 15.8 Å². The van der Waals surface area contributed by atoms with Gasteiger partial charge in [0.05, 0.1) is 12.4 Å². The van der Waals surface area contributed by atoms with Crippen molar-refractivity contribution in [2.75, 3.05) is 36.3 Å². The summed E-state index contributed by atoms with van der Waals surface area (Å²) in [7, 11) is -2.05. The molecule has 0 atom stereocenters. The molecule has 0 spiro atoms. The van der Waals surface area contributed by atoms with Gasteiger partial charge in [-0.1, -0.05) is 6.07 Å². The highest BCUT2D eigenvalue weighted by Crippen LogP contribution is 2.18. The van der Waals surface area contributed by atoms with Crippen molar-refractivity contribution in [1.29, 1.82) is 0 Å². The molecular weight excluding hydrogens is 304 g/mol. The van der Waals surface area contributed by atoms with E-state index in [9.17, 15) is 13.2 Å². The average molecular weight is 323 g/mol. The number of carbonyl (C=O) groups excluding carboxylic acids is 1. The maximum absolute atomic E-state index is 11.7. The third-order valence-corrected chi connectivity index (χ3v) is 3.98. The molecule has 8 heteroatoms. The molecule has 6 nitrogen and oxygen atoms in total. The number of nitrogen functional groups attached to an aromatic ring is 1. The maximum Gasteiger partial charge on any atom is 0.239 e. The molecule has 20 heavy (non-hydrogen) atoms. The standard InChI is InChI=1S/C12H18N2O4S.ClH/c1-9-3-4-10(13)7-11(9)14-12(15)8-19(16,17)6-5-18-2;/h3-4,7H,5-6,8,13H2,1-2H3,(H,14,15);1H. The Labute approximate surface area is 125 Å². The van der Waals surface area contributed by atoms with Crippen LogP contribution in [-0.4, -0.2) is 39.5 Å². The quantitative estimate of drug-likeness (QED) is 0.761. The Morgan fingerprint density at radius 2 is 2.05 bits per heavy atom. The van der Waals surface area contributed by atoms with Gasteiger partial charge in [0.2, 0.25) is 5.91 Å². The lowest BCUT2D eigenvalue weighted by Gasteiger charge is -2.09. The first-order valence-electron chi connectivity index (χ1n) is 5.69. The van der Waals surface area contributed by atoms with E-state index in [1.165, 1.54) is 7.11 Å². The fourth-order valence-corrected chi connectivity index (χ4v) is 2.48. The summed E-state index contributed by atoms with van der Waals surface area (Å²) in [6.45, 7) is 1.88. The molecule has 0 saturated carbocycles. The fraction of sp³-hybridized carbons (Fsp3) is 0.417.